The Morgan fingerprint density at radius 1 is 1.35 bits per heavy atom. The number of hydrogen-bond acceptors (Lipinski definition) is 5. The third-order valence-corrected chi connectivity index (χ3v) is 5.33. The highest BCUT2D eigenvalue weighted by Crippen LogP contribution is 2.16. The third-order valence-electron chi connectivity index (χ3n) is 3.52. The molecule has 1 fully saturated rings. The molecule has 0 spiro atoms. The second-order valence-corrected chi connectivity index (χ2v) is 6.98. The van der Waals surface area contributed by atoms with E-state index in [1.54, 1.807) is 11.2 Å². The van der Waals surface area contributed by atoms with Crippen molar-refractivity contribution in [1.82, 2.24) is 19.2 Å². The van der Waals surface area contributed by atoms with Crippen molar-refractivity contribution in [1.29, 1.82) is 0 Å². The van der Waals surface area contributed by atoms with Crippen LogP contribution in [-0.2, 0) is 10.0 Å². The predicted molar refractivity (Wildman–Crippen MR) is 76.8 cm³/mol. The van der Waals surface area contributed by atoms with Gasteiger partial charge in [-0.2, -0.15) is 4.31 Å². The minimum absolute atomic E-state index is 0.186. The van der Waals surface area contributed by atoms with Gasteiger partial charge >= 0.3 is 0 Å². The van der Waals surface area contributed by atoms with Crippen molar-refractivity contribution in [2.45, 2.75) is 24.8 Å². The first-order valence-corrected chi connectivity index (χ1v) is 8.42. The molecule has 0 bridgehead atoms. The van der Waals surface area contributed by atoms with Crippen molar-refractivity contribution < 1.29 is 8.42 Å². The van der Waals surface area contributed by atoms with Crippen LogP contribution in [-0.4, -0.2) is 66.9 Å². The molecule has 20 heavy (non-hydrogen) atoms. The molecule has 7 nitrogen and oxygen atoms in total. The summed E-state index contributed by atoms with van der Waals surface area (Å²) < 4.78 is 26.5. The quantitative estimate of drug-likeness (QED) is 0.783. The summed E-state index contributed by atoms with van der Waals surface area (Å²) in [4.78, 5) is 9.06. The van der Waals surface area contributed by atoms with Crippen molar-refractivity contribution in [3.63, 3.8) is 0 Å². The van der Waals surface area contributed by atoms with E-state index in [-0.39, 0.29) is 5.03 Å². The fraction of sp³-hybridized carbons (Fsp3) is 0.750. The van der Waals surface area contributed by atoms with Crippen molar-refractivity contribution >= 4 is 10.0 Å². The van der Waals surface area contributed by atoms with E-state index in [4.69, 9.17) is 5.73 Å². The van der Waals surface area contributed by atoms with E-state index in [9.17, 15) is 8.42 Å². The lowest BCUT2D eigenvalue weighted by Gasteiger charge is -2.20. The molecular weight excluding hydrogens is 278 g/mol. The van der Waals surface area contributed by atoms with Crippen LogP contribution in [0.5, 0.6) is 0 Å². The van der Waals surface area contributed by atoms with Crippen LogP contribution in [0.25, 0.3) is 0 Å². The Morgan fingerprint density at radius 2 is 2.15 bits per heavy atom. The molecule has 1 aromatic rings. The lowest BCUT2D eigenvalue weighted by Crippen LogP contribution is -2.35. The molecule has 0 aromatic carbocycles. The number of imidazole rings is 1. The summed E-state index contributed by atoms with van der Waals surface area (Å²) in [6.45, 7) is 6.11. The van der Waals surface area contributed by atoms with E-state index in [1.807, 2.05) is 0 Å². The number of nitrogens with zero attached hydrogens (tertiary/aromatic N) is 3. The number of nitrogens with one attached hydrogen (secondary N) is 1. The molecule has 1 aromatic heterocycles. The van der Waals surface area contributed by atoms with Gasteiger partial charge in [-0.3, -0.25) is 0 Å². The Morgan fingerprint density at radius 3 is 2.80 bits per heavy atom. The van der Waals surface area contributed by atoms with E-state index >= 15 is 0 Å². The molecule has 0 saturated carbocycles. The van der Waals surface area contributed by atoms with E-state index in [2.05, 4.69) is 14.9 Å². The van der Waals surface area contributed by atoms with Crippen LogP contribution < -0.4 is 5.73 Å². The monoisotopic (exact) mass is 301 g/mol. The zero-order chi connectivity index (χ0) is 14.6. The summed E-state index contributed by atoms with van der Waals surface area (Å²) in [6.07, 6.45) is 3.19. The average Bonchev–Trinajstić information content (AvgIpc) is 2.72. The van der Waals surface area contributed by atoms with Gasteiger partial charge in [-0.15, -0.1) is 0 Å². The number of aromatic nitrogens is 2. The molecule has 3 N–H and O–H groups in total. The Labute approximate surface area is 120 Å². The smallest absolute Gasteiger partial charge is 0.260 e. The zero-order valence-electron chi connectivity index (χ0n) is 11.9. The van der Waals surface area contributed by atoms with Gasteiger partial charge in [-0.05, 0) is 39.4 Å². The van der Waals surface area contributed by atoms with Crippen LogP contribution in [0, 0.1) is 6.92 Å². The van der Waals surface area contributed by atoms with Gasteiger partial charge in [0.15, 0.2) is 5.03 Å². The minimum Gasteiger partial charge on any atom is -0.332 e. The van der Waals surface area contributed by atoms with Gasteiger partial charge < -0.3 is 15.6 Å². The highest BCUT2D eigenvalue weighted by molar-refractivity contribution is 7.89. The topological polar surface area (TPSA) is 95.3 Å². The van der Waals surface area contributed by atoms with E-state index in [1.165, 1.54) is 6.20 Å². The molecule has 0 unspecified atom stereocenters. The first-order chi connectivity index (χ1) is 9.54. The van der Waals surface area contributed by atoms with Crippen LogP contribution in [0.2, 0.25) is 0 Å². The van der Waals surface area contributed by atoms with Gasteiger partial charge in [-0.25, -0.2) is 13.4 Å². The summed E-state index contributed by atoms with van der Waals surface area (Å²) in [5.41, 5.74) is 5.52. The normalized spacial score (nSPS) is 19.1. The predicted octanol–water partition coefficient (Wildman–Crippen LogP) is -0.237. The summed E-state index contributed by atoms with van der Waals surface area (Å²) >= 11 is 0. The first-order valence-electron chi connectivity index (χ1n) is 6.98. The highest BCUT2D eigenvalue weighted by atomic mass is 32.2. The summed E-state index contributed by atoms with van der Waals surface area (Å²) in [5, 5.41) is 0.186. The second-order valence-electron chi connectivity index (χ2n) is 5.07. The van der Waals surface area contributed by atoms with Crippen molar-refractivity contribution in [2.24, 2.45) is 5.73 Å². The molecule has 2 rings (SSSR count). The van der Waals surface area contributed by atoms with Crippen LogP contribution in [0.4, 0.5) is 0 Å². The fourth-order valence-electron chi connectivity index (χ4n) is 2.39. The van der Waals surface area contributed by atoms with Gasteiger partial charge in [0.05, 0.1) is 6.20 Å². The number of nitrogens with two attached hydrogens (primary N) is 1. The Hall–Kier alpha value is -0.960. The number of aromatic amines is 1. The molecule has 0 amide bonds. The van der Waals surface area contributed by atoms with Crippen molar-refractivity contribution in [2.75, 3.05) is 39.3 Å². The van der Waals surface area contributed by atoms with Gasteiger partial charge in [0.1, 0.15) is 5.82 Å². The molecule has 8 heteroatoms. The van der Waals surface area contributed by atoms with Gasteiger partial charge in [0.25, 0.3) is 10.0 Å². The minimum atomic E-state index is -3.44. The zero-order valence-corrected chi connectivity index (χ0v) is 12.7. The fourth-order valence-corrected chi connectivity index (χ4v) is 3.83. The molecule has 0 atom stereocenters. The molecule has 1 saturated heterocycles. The van der Waals surface area contributed by atoms with Crippen molar-refractivity contribution in [3.05, 3.63) is 12.0 Å². The first kappa shape index (κ1) is 15.4. The number of rotatable bonds is 5. The molecule has 0 aliphatic carbocycles. The number of H-pyrrole nitrogens is 1. The maximum atomic E-state index is 12.5. The van der Waals surface area contributed by atoms with Crippen LogP contribution in [0.1, 0.15) is 18.7 Å². The van der Waals surface area contributed by atoms with Crippen LogP contribution >= 0.6 is 0 Å². The third kappa shape index (κ3) is 3.57. The average molecular weight is 301 g/mol. The van der Waals surface area contributed by atoms with Gasteiger partial charge in [0, 0.05) is 19.6 Å². The molecular formula is C12H23N5O2S. The largest absolute Gasteiger partial charge is 0.332 e. The Bertz CT molecular complexity index is 528. The van der Waals surface area contributed by atoms with E-state index < -0.39 is 10.0 Å². The van der Waals surface area contributed by atoms with E-state index in [0.717, 1.165) is 32.5 Å². The second kappa shape index (κ2) is 6.66. The maximum Gasteiger partial charge on any atom is 0.260 e. The Kier molecular flexibility index (Phi) is 5.14. The van der Waals surface area contributed by atoms with Crippen molar-refractivity contribution in [3.8, 4) is 0 Å². The lowest BCUT2D eigenvalue weighted by atomic mass is 10.3. The van der Waals surface area contributed by atoms with Crippen LogP contribution in [0.3, 0.4) is 0 Å². The molecule has 2 heterocycles. The summed E-state index contributed by atoms with van der Waals surface area (Å²) in [6, 6.07) is 0. The SMILES string of the molecule is Cc1ncc(S(=O)(=O)N2CCCN(CCCN)CC2)[nH]1. The molecule has 1 aliphatic heterocycles. The van der Waals surface area contributed by atoms with Crippen LogP contribution in [0.15, 0.2) is 11.2 Å². The summed E-state index contributed by atoms with van der Waals surface area (Å²) in [5.74, 6) is 0.614. The molecule has 1 aliphatic rings. The maximum absolute atomic E-state index is 12.5. The van der Waals surface area contributed by atoms with Gasteiger partial charge in [-0.1, -0.05) is 0 Å². The summed E-state index contributed by atoms with van der Waals surface area (Å²) in [7, 11) is -3.44. The lowest BCUT2D eigenvalue weighted by molar-refractivity contribution is 0.284. The number of hydrogen-bond donors (Lipinski definition) is 2. The molecule has 114 valence electrons. The Balaban J connectivity index is 2.02. The number of aryl methyl sites for hydroxylation is 1. The molecule has 0 radical (unpaired) electrons. The number of sulfonamides is 1. The highest BCUT2D eigenvalue weighted by Gasteiger charge is 2.28. The van der Waals surface area contributed by atoms with Gasteiger partial charge in [0.2, 0.25) is 0 Å². The standard InChI is InChI=1S/C12H23N5O2S/c1-11-14-10-12(15-11)20(18,19)17-7-3-6-16(8-9-17)5-2-4-13/h10H,2-9,13H2,1H3,(H,14,15). The van der Waals surface area contributed by atoms with E-state index in [0.29, 0.717) is 25.5 Å².